The van der Waals surface area contributed by atoms with E-state index in [1.54, 1.807) is 13.0 Å². The molecule has 1 aromatic heterocycles. The SMILES string of the molecule is C=CCC(C)NS(=O)(=O)c1cc(Br)cnc1Cl. The first kappa shape index (κ1) is 14.6. The Bertz CT molecular complexity index is 519. The first-order valence-electron chi connectivity index (χ1n) is 4.81. The van der Waals surface area contributed by atoms with E-state index in [9.17, 15) is 8.42 Å². The third-order valence-corrected chi connectivity index (χ3v) is 4.39. The van der Waals surface area contributed by atoms with Gasteiger partial charge in [-0.15, -0.1) is 6.58 Å². The van der Waals surface area contributed by atoms with E-state index >= 15 is 0 Å². The third-order valence-electron chi connectivity index (χ3n) is 1.94. The van der Waals surface area contributed by atoms with Crippen LogP contribution in [0.3, 0.4) is 0 Å². The lowest BCUT2D eigenvalue weighted by Gasteiger charge is -2.13. The van der Waals surface area contributed by atoms with Gasteiger partial charge in [0.05, 0.1) is 0 Å². The van der Waals surface area contributed by atoms with Crippen LogP contribution in [0.5, 0.6) is 0 Å². The number of aromatic nitrogens is 1. The van der Waals surface area contributed by atoms with Gasteiger partial charge in [-0.2, -0.15) is 0 Å². The van der Waals surface area contributed by atoms with Gasteiger partial charge in [-0.1, -0.05) is 17.7 Å². The Morgan fingerprint density at radius 1 is 1.71 bits per heavy atom. The molecule has 0 amide bonds. The number of pyridine rings is 1. The molecule has 0 aromatic carbocycles. The van der Waals surface area contributed by atoms with Gasteiger partial charge < -0.3 is 0 Å². The number of hydrogen-bond acceptors (Lipinski definition) is 3. The molecule has 0 bridgehead atoms. The van der Waals surface area contributed by atoms with E-state index in [1.165, 1.54) is 12.3 Å². The zero-order valence-corrected chi connectivity index (χ0v) is 12.3. The van der Waals surface area contributed by atoms with Crippen LogP contribution in [0, 0.1) is 0 Å². The quantitative estimate of drug-likeness (QED) is 0.663. The lowest BCUT2D eigenvalue weighted by atomic mass is 10.3. The second-order valence-electron chi connectivity index (χ2n) is 3.49. The summed E-state index contributed by atoms with van der Waals surface area (Å²) >= 11 is 8.93. The van der Waals surface area contributed by atoms with Crippen LogP contribution in [-0.4, -0.2) is 19.4 Å². The van der Waals surface area contributed by atoms with Gasteiger partial charge in [0.15, 0.2) is 0 Å². The van der Waals surface area contributed by atoms with Crippen LogP contribution in [0.2, 0.25) is 5.15 Å². The van der Waals surface area contributed by atoms with E-state index in [0.717, 1.165) is 0 Å². The molecule has 0 saturated heterocycles. The summed E-state index contributed by atoms with van der Waals surface area (Å²) < 4.78 is 27.1. The molecule has 1 heterocycles. The normalized spacial score (nSPS) is 13.4. The van der Waals surface area contributed by atoms with Crippen LogP contribution in [0.4, 0.5) is 0 Å². The van der Waals surface area contributed by atoms with Gasteiger partial charge in [0.2, 0.25) is 10.0 Å². The van der Waals surface area contributed by atoms with Crippen LogP contribution < -0.4 is 4.72 Å². The van der Waals surface area contributed by atoms with Gasteiger partial charge in [0.25, 0.3) is 0 Å². The zero-order valence-electron chi connectivity index (χ0n) is 9.15. The fourth-order valence-electron chi connectivity index (χ4n) is 1.22. The maximum Gasteiger partial charge on any atom is 0.243 e. The largest absolute Gasteiger partial charge is 0.243 e. The first-order valence-corrected chi connectivity index (χ1v) is 7.46. The van der Waals surface area contributed by atoms with Crippen LogP contribution in [0.25, 0.3) is 0 Å². The number of halogens is 2. The summed E-state index contributed by atoms with van der Waals surface area (Å²) in [4.78, 5) is 3.74. The smallest absolute Gasteiger partial charge is 0.242 e. The van der Waals surface area contributed by atoms with Gasteiger partial charge in [-0.05, 0) is 35.3 Å². The molecule has 1 aromatic rings. The molecule has 4 nitrogen and oxygen atoms in total. The van der Waals surface area contributed by atoms with Crippen molar-refractivity contribution in [1.82, 2.24) is 9.71 Å². The second-order valence-corrected chi connectivity index (χ2v) is 6.45. The summed E-state index contributed by atoms with van der Waals surface area (Å²) in [6, 6.07) is 1.17. The Labute approximate surface area is 114 Å². The molecule has 0 aliphatic rings. The average Bonchev–Trinajstić information content (AvgIpc) is 2.21. The Hall–Kier alpha value is -0.430. The molecule has 0 spiro atoms. The van der Waals surface area contributed by atoms with Gasteiger partial charge in [0.1, 0.15) is 10.0 Å². The molecule has 17 heavy (non-hydrogen) atoms. The number of nitrogens with one attached hydrogen (secondary N) is 1. The predicted octanol–water partition coefficient (Wildman–Crippen LogP) is 2.74. The molecule has 0 fully saturated rings. The molecular weight excluding hydrogens is 328 g/mol. The standard InChI is InChI=1S/C10H12BrClN2O2S/c1-3-4-7(2)14-17(15,16)9-5-8(11)6-13-10(9)12/h3,5-7,14H,1,4H2,2H3. The van der Waals surface area contributed by atoms with Crippen molar-refractivity contribution in [3.63, 3.8) is 0 Å². The van der Waals surface area contributed by atoms with Crippen LogP contribution in [0.15, 0.2) is 34.3 Å². The Morgan fingerprint density at radius 2 is 2.35 bits per heavy atom. The van der Waals surface area contributed by atoms with Crippen LogP contribution >= 0.6 is 27.5 Å². The minimum atomic E-state index is -3.66. The highest BCUT2D eigenvalue weighted by atomic mass is 79.9. The van der Waals surface area contributed by atoms with Gasteiger partial charge in [0, 0.05) is 16.7 Å². The number of hydrogen-bond donors (Lipinski definition) is 1. The summed E-state index contributed by atoms with van der Waals surface area (Å²) in [6.45, 7) is 5.30. The summed E-state index contributed by atoms with van der Waals surface area (Å²) in [6.07, 6.45) is 3.63. The van der Waals surface area contributed by atoms with Crippen LogP contribution in [-0.2, 0) is 10.0 Å². The molecule has 0 aliphatic carbocycles. The minimum Gasteiger partial charge on any atom is -0.242 e. The maximum atomic E-state index is 12.0. The monoisotopic (exact) mass is 338 g/mol. The highest BCUT2D eigenvalue weighted by molar-refractivity contribution is 9.10. The van der Waals surface area contributed by atoms with Crippen LogP contribution in [0.1, 0.15) is 13.3 Å². The summed E-state index contributed by atoms with van der Waals surface area (Å²) in [7, 11) is -3.66. The summed E-state index contributed by atoms with van der Waals surface area (Å²) in [5.74, 6) is 0. The number of nitrogens with zero attached hydrogens (tertiary/aromatic N) is 1. The lowest BCUT2D eigenvalue weighted by molar-refractivity contribution is 0.562. The molecule has 1 N–H and O–H groups in total. The summed E-state index contributed by atoms with van der Waals surface area (Å²) in [5, 5.41) is -0.0495. The molecule has 0 saturated carbocycles. The summed E-state index contributed by atoms with van der Waals surface area (Å²) in [5.41, 5.74) is 0. The van der Waals surface area contributed by atoms with E-state index in [1.807, 2.05) is 0 Å². The van der Waals surface area contributed by atoms with Crippen molar-refractivity contribution in [2.24, 2.45) is 0 Å². The second kappa shape index (κ2) is 5.95. The van der Waals surface area contributed by atoms with Crippen molar-refractivity contribution in [2.75, 3.05) is 0 Å². The molecule has 1 atom stereocenters. The van der Waals surface area contributed by atoms with E-state index in [2.05, 4.69) is 32.2 Å². The van der Waals surface area contributed by atoms with Crippen molar-refractivity contribution in [3.8, 4) is 0 Å². The molecule has 1 unspecified atom stereocenters. The number of rotatable bonds is 5. The van der Waals surface area contributed by atoms with Crippen molar-refractivity contribution in [3.05, 3.63) is 34.5 Å². The van der Waals surface area contributed by atoms with Crippen molar-refractivity contribution in [2.45, 2.75) is 24.3 Å². The van der Waals surface area contributed by atoms with E-state index < -0.39 is 10.0 Å². The highest BCUT2D eigenvalue weighted by Crippen LogP contribution is 2.22. The molecule has 0 radical (unpaired) electrons. The first-order chi connectivity index (χ1) is 7.86. The molecule has 0 aliphatic heterocycles. The predicted molar refractivity (Wildman–Crippen MR) is 71.5 cm³/mol. The number of sulfonamides is 1. The molecule has 1 rings (SSSR count). The average molecular weight is 340 g/mol. The molecule has 94 valence electrons. The Kier molecular flexibility index (Phi) is 5.12. The lowest BCUT2D eigenvalue weighted by Crippen LogP contribution is -2.32. The molecular formula is C10H12BrClN2O2S. The highest BCUT2D eigenvalue weighted by Gasteiger charge is 2.21. The minimum absolute atomic E-state index is 0.0375. The van der Waals surface area contributed by atoms with Crippen molar-refractivity contribution >= 4 is 37.6 Å². The van der Waals surface area contributed by atoms with Gasteiger partial charge in [-0.25, -0.2) is 18.1 Å². The fraction of sp³-hybridized carbons (Fsp3) is 0.300. The fourth-order valence-corrected chi connectivity index (χ4v) is 3.42. The Morgan fingerprint density at radius 3 is 2.94 bits per heavy atom. The van der Waals surface area contributed by atoms with Crippen molar-refractivity contribution < 1.29 is 8.42 Å². The van der Waals surface area contributed by atoms with Crippen molar-refractivity contribution in [1.29, 1.82) is 0 Å². The topological polar surface area (TPSA) is 59.1 Å². The third kappa shape index (κ3) is 4.06. The maximum absolute atomic E-state index is 12.0. The molecule has 7 heteroatoms. The Balaban J connectivity index is 3.04. The van der Waals surface area contributed by atoms with E-state index in [4.69, 9.17) is 11.6 Å². The van der Waals surface area contributed by atoms with E-state index in [-0.39, 0.29) is 16.1 Å². The van der Waals surface area contributed by atoms with Gasteiger partial charge in [-0.3, -0.25) is 0 Å². The van der Waals surface area contributed by atoms with Gasteiger partial charge >= 0.3 is 0 Å². The zero-order chi connectivity index (χ0) is 13.1. The van der Waals surface area contributed by atoms with E-state index in [0.29, 0.717) is 10.9 Å².